The third-order valence-corrected chi connectivity index (χ3v) is 3.69. The lowest BCUT2D eigenvalue weighted by Crippen LogP contribution is -2.38. The fourth-order valence-corrected chi connectivity index (χ4v) is 2.59. The molecule has 2 N–H and O–H groups in total. The maximum atomic E-state index is 9.57. The number of aliphatic hydroxyl groups excluding tert-OH is 1. The van der Waals surface area contributed by atoms with Crippen LogP contribution in [-0.4, -0.2) is 28.2 Å². The molecule has 1 aromatic rings. The van der Waals surface area contributed by atoms with Crippen LogP contribution in [0.1, 0.15) is 37.7 Å². The van der Waals surface area contributed by atoms with Crippen LogP contribution in [0.5, 0.6) is 0 Å². The largest absolute Gasteiger partial charge is 0.396 e. The zero-order chi connectivity index (χ0) is 12.0. The molecule has 0 unspecified atom stereocenters. The first-order chi connectivity index (χ1) is 8.35. The van der Waals surface area contributed by atoms with E-state index in [1.54, 1.807) is 6.33 Å². The second kappa shape index (κ2) is 6.07. The van der Waals surface area contributed by atoms with Gasteiger partial charge in [0.1, 0.15) is 6.33 Å². The lowest BCUT2D eigenvalue weighted by atomic mass is 9.74. The number of nitrogens with zero attached hydrogens (tertiary/aromatic N) is 2. The van der Waals surface area contributed by atoms with Crippen molar-refractivity contribution in [2.75, 3.05) is 13.2 Å². The van der Waals surface area contributed by atoms with E-state index in [9.17, 15) is 5.11 Å². The van der Waals surface area contributed by atoms with Crippen LogP contribution in [0, 0.1) is 5.41 Å². The van der Waals surface area contributed by atoms with Crippen molar-refractivity contribution in [3.63, 3.8) is 0 Å². The smallest absolute Gasteiger partial charge is 0.115 e. The van der Waals surface area contributed by atoms with Crippen molar-refractivity contribution in [2.24, 2.45) is 5.41 Å². The van der Waals surface area contributed by atoms with E-state index >= 15 is 0 Å². The van der Waals surface area contributed by atoms with Crippen LogP contribution in [0.2, 0.25) is 0 Å². The second-order valence-electron chi connectivity index (χ2n) is 5.07. The van der Waals surface area contributed by atoms with E-state index in [-0.39, 0.29) is 5.41 Å². The summed E-state index contributed by atoms with van der Waals surface area (Å²) in [7, 11) is 0. The van der Waals surface area contributed by atoms with Gasteiger partial charge in [-0.2, -0.15) is 0 Å². The Morgan fingerprint density at radius 1 is 1.18 bits per heavy atom. The van der Waals surface area contributed by atoms with Gasteiger partial charge < -0.3 is 10.4 Å². The first kappa shape index (κ1) is 12.5. The van der Waals surface area contributed by atoms with Crippen LogP contribution in [-0.2, 0) is 6.54 Å². The third kappa shape index (κ3) is 3.48. The molecule has 1 aliphatic carbocycles. The third-order valence-electron chi connectivity index (χ3n) is 3.69. The van der Waals surface area contributed by atoms with Crippen LogP contribution in [0.3, 0.4) is 0 Å². The number of hydrogen-bond acceptors (Lipinski definition) is 4. The van der Waals surface area contributed by atoms with Gasteiger partial charge in [0.25, 0.3) is 0 Å². The van der Waals surface area contributed by atoms with Crippen LogP contribution in [0.15, 0.2) is 18.7 Å². The van der Waals surface area contributed by atoms with Gasteiger partial charge in [-0.15, -0.1) is 0 Å². The fraction of sp³-hybridized carbons (Fsp3) is 0.692. The van der Waals surface area contributed by atoms with E-state index in [2.05, 4.69) is 15.3 Å². The summed E-state index contributed by atoms with van der Waals surface area (Å²) in [5, 5.41) is 13.0. The van der Waals surface area contributed by atoms with Crippen molar-refractivity contribution in [3.8, 4) is 0 Å². The molecule has 0 radical (unpaired) electrons. The van der Waals surface area contributed by atoms with Crippen molar-refractivity contribution in [1.29, 1.82) is 0 Å². The molecule has 0 aromatic carbocycles. The number of aromatic nitrogens is 2. The highest BCUT2D eigenvalue weighted by Gasteiger charge is 2.30. The summed E-state index contributed by atoms with van der Waals surface area (Å²) in [5.74, 6) is 0. The quantitative estimate of drug-likeness (QED) is 0.812. The Morgan fingerprint density at radius 3 is 2.53 bits per heavy atom. The molecule has 0 bridgehead atoms. The molecule has 0 atom stereocenters. The molecule has 0 spiro atoms. The Morgan fingerprint density at radius 2 is 1.88 bits per heavy atom. The highest BCUT2D eigenvalue weighted by atomic mass is 16.3. The standard InChI is InChI=1S/C13H21N3O/c17-10-13(4-2-1-3-5-13)9-14-6-12-7-15-11-16-8-12/h7-8,11,14,17H,1-6,9-10H2. The molecule has 4 heteroatoms. The summed E-state index contributed by atoms with van der Waals surface area (Å²) in [4.78, 5) is 7.97. The van der Waals surface area contributed by atoms with Gasteiger partial charge >= 0.3 is 0 Å². The molecule has 0 saturated heterocycles. The molecule has 0 aliphatic heterocycles. The minimum Gasteiger partial charge on any atom is -0.396 e. The molecule has 94 valence electrons. The van der Waals surface area contributed by atoms with Crippen LogP contribution < -0.4 is 5.32 Å². The lowest BCUT2D eigenvalue weighted by molar-refractivity contribution is 0.0810. The number of rotatable bonds is 5. The van der Waals surface area contributed by atoms with Crippen LogP contribution in [0.25, 0.3) is 0 Å². The highest BCUT2D eigenvalue weighted by Crippen LogP contribution is 2.35. The minimum absolute atomic E-state index is 0.105. The molecule has 0 amide bonds. The molecule has 17 heavy (non-hydrogen) atoms. The molecule has 1 fully saturated rings. The summed E-state index contributed by atoms with van der Waals surface area (Å²) < 4.78 is 0. The number of hydrogen-bond donors (Lipinski definition) is 2. The van der Waals surface area contributed by atoms with Crippen molar-refractivity contribution < 1.29 is 5.11 Å². The molecule has 1 aliphatic rings. The average molecular weight is 235 g/mol. The zero-order valence-electron chi connectivity index (χ0n) is 10.2. The van der Waals surface area contributed by atoms with Gasteiger partial charge in [0.15, 0.2) is 0 Å². The molecular formula is C13H21N3O. The molecular weight excluding hydrogens is 214 g/mol. The van der Waals surface area contributed by atoms with Crippen molar-refractivity contribution in [2.45, 2.75) is 38.6 Å². The van der Waals surface area contributed by atoms with Crippen LogP contribution >= 0.6 is 0 Å². The van der Waals surface area contributed by atoms with Gasteiger partial charge in [-0.25, -0.2) is 9.97 Å². The topological polar surface area (TPSA) is 58.0 Å². The lowest BCUT2D eigenvalue weighted by Gasteiger charge is -2.35. The Labute approximate surface area is 102 Å². The summed E-state index contributed by atoms with van der Waals surface area (Å²) in [6.45, 7) is 1.96. The monoisotopic (exact) mass is 235 g/mol. The maximum absolute atomic E-state index is 9.57. The molecule has 4 nitrogen and oxygen atoms in total. The van der Waals surface area contributed by atoms with E-state index < -0.39 is 0 Å². The molecule has 1 heterocycles. The predicted octanol–water partition coefficient (Wildman–Crippen LogP) is 1.51. The van der Waals surface area contributed by atoms with Gasteiger partial charge in [0.2, 0.25) is 0 Å². The van der Waals surface area contributed by atoms with Crippen molar-refractivity contribution in [1.82, 2.24) is 15.3 Å². The first-order valence-electron chi connectivity index (χ1n) is 6.40. The fourth-order valence-electron chi connectivity index (χ4n) is 2.59. The Bertz CT molecular complexity index is 323. The van der Waals surface area contributed by atoms with Gasteiger partial charge in [0, 0.05) is 43.1 Å². The van der Waals surface area contributed by atoms with Crippen molar-refractivity contribution >= 4 is 0 Å². The predicted molar refractivity (Wildman–Crippen MR) is 66.3 cm³/mol. The molecule has 1 aromatic heterocycles. The summed E-state index contributed by atoms with van der Waals surface area (Å²) in [5.41, 5.74) is 1.20. The van der Waals surface area contributed by atoms with Crippen LogP contribution in [0.4, 0.5) is 0 Å². The van der Waals surface area contributed by atoms with Gasteiger partial charge in [-0.1, -0.05) is 19.3 Å². The Kier molecular flexibility index (Phi) is 4.45. The van der Waals surface area contributed by atoms with Crippen molar-refractivity contribution in [3.05, 3.63) is 24.3 Å². The average Bonchev–Trinajstić information content (AvgIpc) is 2.41. The normalized spacial score (nSPS) is 19.1. The number of nitrogens with one attached hydrogen (secondary N) is 1. The Hall–Kier alpha value is -1.00. The van der Waals surface area contributed by atoms with Gasteiger partial charge in [-0.3, -0.25) is 0 Å². The van der Waals surface area contributed by atoms with E-state index in [0.29, 0.717) is 6.61 Å². The second-order valence-corrected chi connectivity index (χ2v) is 5.07. The number of aliphatic hydroxyl groups is 1. The van der Waals surface area contributed by atoms with E-state index in [1.807, 2.05) is 12.4 Å². The van der Waals surface area contributed by atoms with E-state index in [4.69, 9.17) is 0 Å². The summed E-state index contributed by atoms with van der Waals surface area (Å²) in [6.07, 6.45) is 11.3. The SMILES string of the molecule is OCC1(CNCc2cncnc2)CCCCC1. The minimum atomic E-state index is 0.105. The first-order valence-corrected chi connectivity index (χ1v) is 6.40. The summed E-state index contributed by atoms with van der Waals surface area (Å²) in [6, 6.07) is 0. The molecule has 1 saturated carbocycles. The zero-order valence-corrected chi connectivity index (χ0v) is 10.2. The van der Waals surface area contributed by atoms with Gasteiger partial charge in [0.05, 0.1) is 0 Å². The maximum Gasteiger partial charge on any atom is 0.115 e. The Balaban J connectivity index is 1.80. The molecule has 2 rings (SSSR count). The van der Waals surface area contributed by atoms with E-state index in [0.717, 1.165) is 31.5 Å². The highest BCUT2D eigenvalue weighted by molar-refractivity contribution is 5.01. The van der Waals surface area contributed by atoms with Gasteiger partial charge in [-0.05, 0) is 12.8 Å². The van der Waals surface area contributed by atoms with E-state index in [1.165, 1.54) is 19.3 Å². The summed E-state index contributed by atoms with van der Waals surface area (Å²) >= 11 is 0.